The zero-order valence-corrected chi connectivity index (χ0v) is 18.5. The minimum absolute atomic E-state index is 0.0712. The minimum Gasteiger partial charge on any atom is -0.480 e. The molecule has 1 saturated heterocycles. The van der Waals surface area contributed by atoms with Crippen LogP contribution in [0.25, 0.3) is 11.0 Å². The van der Waals surface area contributed by atoms with Gasteiger partial charge in [0.05, 0.1) is 29.8 Å². The molecular formula is C23H21FN6O5. The monoisotopic (exact) mass is 480 g/mol. The molecule has 3 aliphatic rings. The minimum atomic E-state index is -0.509. The summed E-state index contributed by atoms with van der Waals surface area (Å²) in [5.41, 5.74) is 1.40. The number of nitrogens with one attached hydrogen (secondary N) is 2. The fourth-order valence-corrected chi connectivity index (χ4v) is 4.79. The number of nitrogens with zero attached hydrogens (tertiary/aromatic N) is 4. The predicted octanol–water partition coefficient (Wildman–Crippen LogP) is 1.71. The van der Waals surface area contributed by atoms with Crippen LogP contribution in [-0.4, -0.2) is 52.3 Å². The average Bonchev–Trinajstić information content (AvgIpc) is 3.42. The molecular weight excluding hydrogens is 459 g/mol. The lowest BCUT2D eigenvalue weighted by Crippen LogP contribution is -2.29. The van der Waals surface area contributed by atoms with Crippen molar-refractivity contribution in [3.63, 3.8) is 0 Å². The summed E-state index contributed by atoms with van der Waals surface area (Å²) in [6.45, 7) is 1.14. The maximum absolute atomic E-state index is 14.5. The molecule has 180 valence electrons. The van der Waals surface area contributed by atoms with Crippen molar-refractivity contribution in [3.8, 4) is 5.75 Å². The summed E-state index contributed by atoms with van der Waals surface area (Å²) in [6, 6.07) is 6.01. The van der Waals surface area contributed by atoms with Crippen LogP contribution in [-0.2, 0) is 16.1 Å². The van der Waals surface area contributed by atoms with Gasteiger partial charge in [-0.2, -0.15) is 0 Å². The van der Waals surface area contributed by atoms with Crippen LogP contribution >= 0.6 is 0 Å². The van der Waals surface area contributed by atoms with Crippen LogP contribution in [0.5, 0.6) is 5.75 Å². The number of pyridine rings is 3. The maximum Gasteiger partial charge on any atom is 0.415 e. The molecule has 0 unspecified atom stereocenters. The van der Waals surface area contributed by atoms with Crippen molar-refractivity contribution in [2.75, 3.05) is 29.9 Å². The highest BCUT2D eigenvalue weighted by molar-refractivity contribution is 5.95. The predicted molar refractivity (Wildman–Crippen MR) is 122 cm³/mol. The number of carbonyl (C=O) groups excluding carboxylic acids is 2. The number of aromatic nitrogens is 3. The summed E-state index contributed by atoms with van der Waals surface area (Å²) < 4.78 is 26.9. The van der Waals surface area contributed by atoms with Gasteiger partial charge < -0.3 is 24.7 Å². The highest BCUT2D eigenvalue weighted by Gasteiger charge is 2.34. The second-order valence-corrected chi connectivity index (χ2v) is 8.65. The van der Waals surface area contributed by atoms with Gasteiger partial charge in [-0.25, -0.2) is 14.2 Å². The molecule has 0 radical (unpaired) electrons. The van der Waals surface area contributed by atoms with E-state index in [1.807, 2.05) is 0 Å². The fraction of sp³-hybridized carbons (Fsp3) is 0.348. The molecule has 0 aromatic carbocycles. The molecule has 0 spiro atoms. The first kappa shape index (κ1) is 21.5. The number of anilines is 2. The number of rotatable bonds is 6. The number of halogens is 1. The number of cyclic esters (lactones) is 1. The molecule has 6 rings (SSSR count). The third-order valence-corrected chi connectivity index (χ3v) is 6.41. The second-order valence-electron chi connectivity index (χ2n) is 8.65. The van der Waals surface area contributed by atoms with Crippen molar-refractivity contribution >= 4 is 34.7 Å². The summed E-state index contributed by atoms with van der Waals surface area (Å²) in [7, 11) is 0. The van der Waals surface area contributed by atoms with Gasteiger partial charge in [0, 0.05) is 18.2 Å². The van der Waals surface area contributed by atoms with E-state index in [0.29, 0.717) is 60.6 Å². The van der Waals surface area contributed by atoms with E-state index in [-0.39, 0.29) is 36.0 Å². The van der Waals surface area contributed by atoms with E-state index in [9.17, 15) is 18.8 Å². The van der Waals surface area contributed by atoms with E-state index < -0.39 is 11.9 Å². The van der Waals surface area contributed by atoms with E-state index in [1.165, 1.54) is 17.2 Å². The van der Waals surface area contributed by atoms with Gasteiger partial charge >= 0.3 is 6.09 Å². The Bertz CT molecular complexity index is 1430. The number of hydrogen-bond acceptors (Lipinski definition) is 8. The van der Waals surface area contributed by atoms with Crippen LogP contribution < -0.4 is 25.8 Å². The number of amides is 2. The third kappa shape index (κ3) is 3.75. The maximum atomic E-state index is 14.5. The van der Waals surface area contributed by atoms with Crippen LogP contribution in [0.15, 0.2) is 35.3 Å². The first-order valence-corrected chi connectivity index (χ1v) is 11.3. The zero-order valence-electron chi connectivity index (χ0n) is 18.5. The molecule has 0 saturated carbocycles. The molecule has 0 aliphatic carbocycles. The molecule has 3 aliphatic heterocycles. The van der Waals surface area contributed by atoms with Gasteiger partial charge in [0.2, 0.25) is 0 Å². The van der Waals surface area contributed by atoms with Crippen molar-refractivity contribution in [3.05, 3.63) is 52.2 Å². The third-order valence-electron chi connectivity index (χ3n) is 6.41. The molecule has 2 atom stereocenters. The van der Waals surface area contributed by atoms with Crippen molar-refractivity contribution < 1.29 is 23.5 Å². The highest BCUT2D eigenvalue weighted by Crippen LogP contribution is 2.33. The zero-order chi connectivity index (χ0) is 24.1. The van der Waals surface area contributed by atoms with Gasteiger partial charge in [0.1, 0.15) is 17.7 Å². The van der Waals surface area contributed by atoms with Gasteiger partial charge in [-0.05, 0) is 37.6 Å². The van der Waals surface area contributed by atoms with Crippen LogP contribution in [0.4, 0.5) is 20.8 Å². The molecule has 3 aromatic heterocycles. The van der Waals surface area contributed by atoms with E-state index in [1.54, 1.807) is 22.8 Å². The standard InChI is InChI=1S/C23H21FN6O5/c24-13-8-26-14-3-6-19(32)30-10-15(20(13)21(14)30)25-7-1-2-12-9-29(23(33)35-12)17-5-4-16-22(27-17)28-18(31)11-34-16/h3-6,8,12,15,25H,1-2,7,9-11H2,(H,27,28,31)/t12-,15+/m0/s1. The van der Waals surface area contributed by atoms with Crippen LogP contribution in [0.2, 0.25) is 0 Å². The largest absolute Gasteiger partial charge is 0.480 e. The van der Waals surface area contributed by atoms with Crippen molar-refractivity contribution in [2.24, 2.45) is 0 Å². The Kier molecular flexibility index (Phi) is 5.10. The Morgan fingerprint density at radius 2 is 2.06 bits per heavy atom. The Hall–Kier alpha value is -4.06. The average molecular weight is 480 g/mol. The van der Waals surface area contributed by atoms with E-state index in [2.05, 4.69) is 20.6 Å². The Balaban J connectivity index is 1.06. The molecule has 6 heterocycles. The normalized spacial score (nSPS) is 20.5. The van der Waals surface area contributed by atoms with E-state index in [4.69, 9.17) is 9.47 Å². The van der Waals surface area contributed by atoms with E-state index >= 15 is 0 Å². The van der Waals surface area contributed by atoms with Crippen molar-refractivity contribution in [2.45, 2.75) is 31.5 Å². The number of ether oxygens (including phenoxy) is 2. The van der Waals surface area contributed by atoms with Gasteiger partial charge in [-0.3, -0.25) is 19.5 Å². The molecule has 2 amide bonds. The molecule has 0 bridgehead atoms. The summed E-state index contributed by atoms with van der Waals surface area (Å²) in [6.07, 6.45) is 1.61. The fourth-order valence-electron chi connectivity index (χ4n) is 4.79. The Morgan fingerprint density at radius 1 is 1.17 bits per heavy atom. The van der Waals surface area contributed by atoms with Gasteiger partial charge in [-0.15, -0.1) is 0 Å². The smallest absolute Gasteiger partial charge is 0.415 e. The quantitative estimate of drug-likeness (QED) is 0.511. The first-order valence-electron chi connectivity index (χ1n) is 11.3. The van der Waals surface area contributed by atoms with Crippen molar-refractivity contribution in [1.29, 1.82) is 0 Å². The SMILES string of the molecule is O=C1COc2ccc(N3C[C@H](CCCN[C@@H]4Cn5c(=O)ccc6ncc(F)c4c65)OC3=O)nc2N1. The number of carbonyl (C=O) groups is 2. The second kappa shape index (κ2) is 8.31. The lowest BCUT2D eigenvalue weighted by atomic mass is 10.1. The first-order chi connectivity index (χ1) is 17.0. The number of hydrogen-bond donors (Lipinski definition) is 2. The van der Waals surface area contributed by atoms with Gasteiger partial charge in [0.15, 0.2) is 18.2 Å². The molecule has 3 aromatic rings. The summed E-state index contributed by atoms with van der Waals surface area (Å²) in [5.74, 6) is 0.341. The molecule has 2 N–H and O–H groups in total. The van der Waals surface area contributed by atoms with Gasteiger partial charge in [-0.1, -0.05) is 0 Å². The van der Waals surface area contributed by atoms with E-state index in [0.717, 1.165) is 0 Å². The molecule has 12 heteroatoms. The molecule has 1 fully saturated rings. The molecule has 35 heavy (non-hydrogen) atoms. The lowest BCUT2D eigenvalue weighted by molar-refractivity contribution is -0.118. The Morgan fingerprint density at radius 3 is 2.94 bits per heavy atom. The van der Waals surface area contributed by atoms with Gasteiger partial charge in [0.25, 0.3) is 11.5 Å². The number of fused-ring (bicyclic) bond motifs is 1. The Labute approximate surface area is 197 Å². The van der Waals surface area contributed by atoms with Crippen molar-refractivity contribution in [1.82, 2.24) is 19.9 Å². The lowest BCUT2D eigenvalue weighted by Gasteiger charge is -2.19. The van der Waals surface area contributed by atoms with Crippen LogP contribution in [0, 0.1) is 5.82 Å². The van der Waals surface area contributed by atoms with Crippen LogP contribution in [0.1, 0.15) is 24.4 Å². The highest BCUT2D eigenvalue weighted by atomic mass is 19.1. The summed E-state index contributed by atoms with van der Waals surface area (Å²) >= 11 is 0. The molecule has 11 nitrogen and oxygen atoms in total. The summed E-state index contributed by atoms with van der Waals surface area (Å²) in [4.78, 5) is 46.0. The van der Waals surface area contributed by atoms with Crippen LogP contribution in [0.3, 0.4) is 0 Å². The summed E-state index contributed by atoms with van der Waals surface area (Å²) in [5, 5.41) is 5.95. The topological polar surface area (TPSA) is 128 Å².